The number of hydrogen-bond acceptors (Lipinski definition) is 4. The molecule has 0 aliphatic heterocycles. The first-order valence-corrected chi connectivity index (χ1v) is 7.76. The van der Waals surface area contributed by atoms with Crippen molar-refractivity contribution in [3.8, 4) is 0 Å². The van der Waals surface area contributed by atoms with E-state index in [1.165, 1.54) is 5.56 Å². The van der Waals surface area contributed by atoms with Crippen molar-refractivity contribution in [1.29, 1.82) is 0 Å². The van der Waals surface area contributed by atoms with E-state index in [-0.39, 0.29) is 6.04 Å². The highest BCUT2D eigenvalue weighted by Crippen LogP contribution is 2.24. The topological polar surface area (TPSA) is 49.8 Å². The molecule has 0 saturated carbocycles. The number of para-hydroxylation sites is 1. The number of hydrogen-bond donors (Lipinski definition) is 2. The monoisotopic (exact) mass is 324 g/mol. The number of halogens is 1. The van der Waals surface area contributed by atoms with Gasteiger partial charge in [0.25, 0.3) is 0 Å². The molecule has 1 heterocycles. The van der Waals surface area contributed by atoms with Crippen molar-refractivity contribution < 1.29 is 0 Å². The summed E-state index contributed by atoms with van der Waals surface area (Å²) in [6, 6.07) is 19.7. The largest absolute Gasteiger partial charge is 0.363 e. The molecule has 2 N–H and O–H groups in total. The lowest BCUT2D eigenvalue weighted by molar-refractivity contribution is 0.873. The molecule has 5 heteroatoms. The number of nitrogens with one attached hydrogen (secondary N) is 2. The molecule has 0 saturated heterocycles. The lowest BCUT2D eigenvalue weighted by atomic mass is 10.1. The van der Waals surface area contributed by atoms with Crippen LogP contribution in [0.1, 0.15) is 18.5 Å². The van der Waals surface area contributed by atoms with Crippen LogP contribution in [-0.4, -0.2) is 9.97 Å². The average Bonchev–Trinajstić information content (AvgIpc) is 2.58. The fraction of sp³-hybridized carbons (Fsp3) is 0.111. The van der Waals surface area contributed by atoms with Crippen molar-refractivity contribution in [2.75, 3.05) is 10.6 Å². The molecule has 1 aromatic heterocycles. The summed E-state index contributed by atoms with van der Waals surface area (Å²) in [6.07, 6.45) is 1.71. The summed E-state index contributed by atoms with van der Waals surface area (Å²) in [5, 5.41) is 7.14. The summed E-state index contributed by atoms with van der Waals surface area (Å²) in [5.41, 5.74) is 1.98. The fourth-order valence-electron chi connectivity index (χ4n) is 2.23. The molecule has 1 atom stereocenters. The zero-order valence-electron chi connectivity index (χ0n) is 12.7. The first kappa shape index (κ1) is 15.3. The van der Waals surface area contributed by atoms with Gasteiger partial charge in [-0.15, -0.1) is 0 Å². The van der Waals surface area contributed by atoms with E-state index in [4.69, 9.17) is 11.6 Å². The van der Waals surface area contributed by atoms with Crippen LogP contribution in [0, 0.1) is 0 Å². The van der Waals surface area contributed by atoms with Crippen molar-refractivity contribution >= 4 is 29.1 Å². The van der Waals surface area contributed by atoms with Crippen LogP contribution in [0.15, 0.2) is 66.9 Å². The first-order valence-electron chi connectivity index (χ1n) is 7.38. The Morgan fingerprint density at radius 2 is 1.70 bits per heavy atom. The molecule has 4 nitrogen and oxygen atoms in total. The van der Waals surface area contributed by atoms with Gasteiger partial charge in [-0.2, -0.15) is 4.98 Å². The molecule has 116 valence electrons. The number of benzene rings is 2. The molecule has 3 aromatic rings. The van der Waals surface area contributed by atoms with Gasteiger partial charge in [-0.1, -0.05) is 54.1 Å². The summed E-state index contributed by atoms with van der Waals surface area (Å²) in [4.78, 5) is 8.72. The number of aromatic nitrogens is 2. The maximum Gasteiger partial charge on any atom is 0.229 e. The normalized spacial score (nSPS) is 11.7. The third-order valence-corrected chi connectivity index (χ3v) is 3.77. The number of anilines is 3. The molecule has 3 rings (SSSR count). The average molecular weight is 325 g/mol. The van der Waals surface area contributed by atoms with Gasteiger partial charge in [0.15, 0.2) is 0 Å². The molecule has 0 amide bonds. The summed E-state index contributed by atoms with van der Waals surface area (Å²) >= 11 is 6.14. The van der Waals surface area contributed by atoms with Gasteiger partial charge in [0.05, 0.1) is 10.7 Å². The third kappa shape index (κ3) is 3.99. The Hall–Kier alpha value is -2.59. The minimum absolute atomic E-state index is 0.152. The molecular weight excluding hydrogens is 308 g/mol. The Kier molecular flexibility index (Phi) is 4.74. The second-order valence-electron chi connectivity index (χ2n) is 5.15. The molecule has 1 unspecified atom stereocenters. The van der Waals surface area contributed by atoms with Gasteiger partial charge >= 0.3 is 0 Å². The minimum Gasteiger partial charge on any atom is -0.363 e. The zero-order chi connectivity index (χ0) is 16.1. The predicted molar refractivity (Wildman–Crippen MR) is 95.2 cm³/mol. The SMILES string of the molecule is CC(Nc1ccnc(Nc2ccccc2Cl)n1)c1ccccc1. The van der Waals surface area contributed by atoms with Crippen LogP contribution in [0.3, 0.4) is 0 Å². The van der Waals surface area contributed by atoms with Crippen LogP contribution in [0.4, 0.5) is 17.5 Å². The Balaban J connectivity index is 1.74. The Labute approximate surface area is 140 Å². The van der Waals surface area contributed by atoms with E-state index in [9.17, 15) is 0 Å². The molecule has 0 spiro atoms. The van der Waals surface area contributed by atoms with Crippen molar-refractivity contribution in [1.82, 2.24) is 9.97 Å². The Morgan fingerprint density at radius 1 is 0.957 bits per heavy atom. The van der Waals surface area contributed by atoms with E-state index in [1.807, 2.05) is 48.5 Å². The van der Waals surface area contributed by atoms with E-state index in [0.29, 0.717) is 11.0 Å². The van der Waals surface area contributed by atoms with Crippen molar-refractivity contribution in [3.63, 3.8) is 0 Å². The molecule has 0 radical (unpaired) electrons. The van der Waals surface area contributed by atoms with Gasteiger partial charge in [0, 0.05) is 12.2 Å². The van der Waals surface area contributed by atoms with E-state index < -0.39 is 0 Å². The van der Waals surface area contributed by atoms with Crippen molar-refractivity contribution in [2.24, 2.45) is 0 Å². The van der Waals surface area contributed by atoms with Gasteiger partial charge in [0.1, 0.15) is 5.82 Å². The van der Waals surface area contributed by atoms with Crippen LogP contribution in [-0.2, 0) is 0 Å². The smallest absolute Gasteiger partial charge is 0.229 e. The number of nitrogens with zero attached hydrogens (tertiary/aromatic N) is 2. The van der Waals surface area contributed by atoms with Gasteiger partial charge in [-0.3, -0.25) is 0 Å². The van der Waals surface area contributed by atoms with E-state index in [2.05, 4.69) is 39.7 Å². The Bertz CT molecular complexity index is 777. The molecule has 0 aliphatic rings. The molecular formula is C18H17ClN4. The summed E-state index contributed by atoms with van der Waals surface area (Å²) in [6.45, 7) is 2.10. The van der Waals surface area contributed by atoms with Crippen LogP contribution >= 0.6 is 11.6 Å². The molecule has 2 aromatic carbocycles. The highest BCUT2D eigenvalue weighted by Gasteiger charge is 2.07. The fourth-order valence-corrected chi connectivity index (χ4v) is 2.41. The maximum atomic E-state index is 6.14. The molecule has 0 fully saturated rings. The summed E-state index contributed by atoms with van der Waals surface area (Å²) in [5.74, 6) is 1.26. The van der Waals surface area contributed by atoms with Crippen LogP contribution < -0.4 is 10.6 Å². The minimum atomic E-state index is 0.152. The van der Waals surface area contributed by atoms with Gasteiger partial charge < -0.3 is 10.6 Å². The third-order valence-electron chi connectivity index (χ3n) is 3.44. The second-order valence-corrected chi connectivity index (χ2v) is 5.55. The van der Waals surface area contributed by atoms with Crippen molar-refractivity contribution in [3.05, 3.63) is 77.4 Å². The predicted octanol–water partition coefficient (Wildman–Crippen LogP) is 5.05. The van der Waals surface area contributed by atoms with Crippen molar-refractivity contribution in [2.45, 2.75) is 13.0 Å². The van der Waals surface area contributed by atoms with E-state index in [1.54, 1.807) is 6.20 Å². The molecule has 0 bridgehead atoms. The van der Waals surface area contributed by atoms with Gasteiger partial charge in [0.2, 0.25) is 5.95 Å². The van der Waals surface area contributed by atoms with Crippen LogP contribution in [0.2, 0.25) is 5.02 Å². The lowest BCUT2D eigenvalue weighted by Crippen LogP contribution is -2.09. The Morgan fingerprint density at radius 3 is 2.48 bits per heavy atom. The van der Waals surface area contributed by atoms with E-state index >= 15 is 0 Å². The lowest BCUT2D eigenvalue weighted by Gasteiger charge is -2.15. The second kappa shape index (κ2) is 7.11. The van der Waals surface area contributed by atoms with Crippen LogP contribution in [0.5, 0.6) is 0 Å². The first-order chi connectivity index (χ1) is 11.2. The quantitative estimate of drug-likeness (QED) is 0.689. The maximum absolute atomic E-state index is 6.14. The summed E-state index contributed by atoms with van der Waals surface area (Å²) in [7, 11) is 0. The van der Waals surface area contributed by atoms with Crippen LogP contribution in [0.25, 0.3) is 0 Å². The summed E-state index contributed by atoms with van der Waals surface area (Å²) < 4.78 is 0. The highest BCUT2D eigenvalue weighted by molar-refractivity contribution is 6.33. The van der Waals surface area contributed by atoms with Gasteiger partial charge in [-0.25, -0.2) is 4.98 Å². The standard InChI is InChI=1S/C18H17ClN4/c1-13(14-7-3-2-4-8-14)21-17-11-12-20-18(23-17)22-16-10-6-5-9-15(16)19/h2-13H,1H3,(H2,20,21,22,23). The zero-order valence-corrected chi connectivity index (χ0v) is 13.5. The van der Waals surface area contributed by atoms with E-state index in [0.717, 1.165) is 11.5 Å². The molecule has 0 aliphatic carbocycles. The van der Waals surface area contributed by atoms with Gasteiger partial charge in [-0.05, 0) is 30.7 Å². The molecule has 23 heavy (non-hydrogen) atoms. The number of rotatable bonds is 5. The highest BCUT2D eigenvalue weighted by atomic mass is 35.5.